The maximum Gasteiger partial charge on any atom is 0.261 e. The molecule has 0 radical (unpaired) electrons. The number of rotatable bonds is 7. The van der Waals surface area contributed by atoms with Gasteiger partial charge in [-0.2, -0.15) is 0 Å². The second kappa shape index (κ2) is 9.62. The van der Waals surface area contributed by atoms with E-state index in [-0.39, 0.29) is 23.6 Å². The fourth-order valence-electron chi connectivity index (χ4n) is 3.16. The van der Waals surface area contributed by atoms with Gasteiger partial charge in [0, 0.05) is 33.1 Å². The average molecular weight is 501 g/mol. The molecule has 2 aliphatic heterocycles. The molecule has 0 unspecified atom stereocenters. The lowest BCUT2D eigenvalue weighted by molar-refractivity contribution is -0.121. The van der Waals surface area contributed by atoms with Crippen molar-refractivity contribution in [3.8, 4) is 0 Å². The van der Waals surface area contributed by atoms with Gasteiger partial charge in [-0.3, -0.25) is 19.2 Å². The second-order valence-corrected chi connectivity index (χ2v) is 12.6. The topological polar surface area (TPSA) is 74.8 Å². The number of carbonyl (C=O) groups is 4. The number of benzene rings is 2. The Balaban J connectivity index is 1.43. The molecule has 0 saturated heterocycles. The largest absolute Gasteiger partial charge is 0.269 e. The van der Waals surface area contributed by atoms with Crippen LogP contribution in [-0.2, 0) is 19.2 Å². The molecule has 0 aliphatic carbocycles. The Kier molecular flexibility index (Phi) is 6.85. The molecule has 0 spiro atoms. The summed E-state index contributed by atoms with van der Waals surface area (Å²) in [5.74, 6) is -1.31. The van der Waals surface area contributed by atoms with Crippen LogP contribution >= 0.6 is 41.2 Å². The van der Waals surface area contributed by atoms with Crippen molar-refractivity contribution >= 4 is 76.2 Å². The fourth-order valence-corrected chi connectivity index (χ4v) is 8.89. The number of para-hydroxylation sites is 2. The van der Waals surface area contributed by atoms with Gasteiger partial charge >= 0.3 is 0 Å². The molecule has 2 aliphatic rings. The molecule has 2 heterocycles. The number of hydrogen-bond acceptors (Lipinski definition) is 8. The Morgan fingerprint density at radius 2 is 0.969 bits per heavy atom. The standard InChI is InChI=1S/C22H16N2O4S4/c1-13-11-19(25)23(21(13)27)15-7-3-5-9-17(15)29-31-32-30-18-10-6-4-8-16(18)24-20(26)12-14(2)22(24)28/h3-12H,1-2H3. The first kappa shape index (κ1) is 22.8. The first-order chi connectivity index (χ1) is 15.4. The molecule has 0 aromatic heterocycles. The highest BCUT2D eigenvalue weighted by Gasteiger charge is 2.32. The molecule has 0 saturated carbocycles. The van der Waals surface area contributed by atoms with E-state index in [1.165, 1.54) is 63.2 Å². The summed E-state index contributed by atoms with van der Waals surface area (Å²) in [6.45, 7) is 3.25. The molecule has 4 amide bonds. The number of amides is 4. The first-order valence-corrected chi connectivity index (χ1v) is 14.2. The van der Waals surface area contributed by atoms with Crippen LogP contribution in [0, 0.1) is 0 Å². The van der Waals surface area contributed by atoms with Gasteiger partial charge < -0.3 is 0 Å². The molecule has 2 aromatic rings. The van der Waals surface area contributed by atoms with Crippen molar-refractivity contribution in [1.29, 1.82) is 0 Å². The van der Waals surface area contributed by atoms with Crippen LogP contribution in [0.3, 0.4) is 0 Å². The summed E-state index contributed by atoms with van der Waals surface area (Å²) < 4.78 is 0. The van der Waals surface area contributed by atoms with Gasteiger partial charge in [-0.25, -0.2) is 9.80 Å². The van der Waals surface area contributed by atoms with Crippen molar-refractivity contribution in [1.82, 2.24) is 0 Å². The number of carbonyl (C=O) groups excluding carboxylic acids is 4. The highest BCUT2D eigenvalue weighted by atomic mass is 33.7. The van der Waals surface area contributed by atoms with Gasteiger partial charge in [-0.15, -0.1) is 0 Å². The molecule has 10 heteroatoms. The lowest BCUT2D eigenvalue weighted by atomic mass is 10.3. The SMILES string of the molecule is CC1=CC(=O)N(c2ccccc2SSSSc2ccccc2N2C(=O)C=C(C)C2=O)C1=O. The molecule has 6 nitrogen and oxygen atoms in total. The third kappa shape index (κ3) is 4.40. The zero-order chi connectivity index (χ0) is 22.8. The van der Waals surface area contributed by atoms with Gasteiger partial charge in [0.2, 0.25) is 0 Å². The zero-order valence-electron chi connectivity index (χ0n) is 16.9. The van der Waals surface area contributed by atoms with Gasteiger partial charge in [0.15, 0.2) is 0 Å². The molecule has 0 fully saturated rings. The van der Waals surface area contributed by atoms with Crippen LogP contribution in [0.25, 0.3) is 0 Å². The van der Waals surface area contributed by atoms with Gasteiger partial charge in [0.05, 0.1) is 11.4 Å². The van der Waals surface area contributed by atoms with Crippen molar-refractivity contribution in [2.75, 3.05) is 9.80 Å². The number of anilines is 2. The normalized spacial score (nSPS) is 16.2. The molecule has 0 atom stereocenters. The predicted octanol–water partition coefficient (Wildman–Crippen LogP) is 5.42. The molecule has 0 N–H and O–H groups in total. The third-order valence-corrected chi connectivity index (χ3v) is 10.8. The number of imide groups is 2. The smallest absolute Gasteiger partial charge is 0.261 e. The van der Waals surface area contributed by atoms with Crippen molar-refractivity contribution in [3.05, 3.63) is 71.8 Å². The van der Waals surface area contributed by atoms with E-state index in [9.17, 15) is 19.2 Å². The van der Waals surface area contributed by atoms with Crippen LogP contribution in [0.5, 0.6) is 0 Å². The maximum atomic E-state index is 12.4. The minimum Gasteiger partial charge on any atom is -0.269 e. The zero-order valence-corrected chi connectivity index (χ0v) is 20.2. The highest BCUT2D eigenvalue weighted by Crippen LogP contribution is 2.52. The Morgan fingerprint density at radius 3 is 1.31 bits per heavy atom. The van der Waals surface area contributed by atoms with E-state index in [2.05, 4.69) is 0 Å². The van der Waals surface area contributed by atoms with Crippen LogP contribution in [0.2, 0.25) is 0 Å². The minimum absolute atomic E-state index is 0.312. The maximum absolute atomic E-state index is 12.4. The Labute approximate surface area is 200 Å². The third-order valence-electron chi connectivity index (χ3n) is 4.69. The Hall–Kier alpha value is -2.40. The van der Waals surface area contributed by atoms with E-state index in [4.69, 9.17) is 0 Å². The molecule has 162 valence electrons. The lowest BCUT2D eigenvalue weighted by Crippen LogP contribution is -2.30. The van der Waals surface area contributed by atoms with Crippen LogP contribution in [0.4, 0.5) is 11.4 Å². The van der Waals surface area contributed by atoms with Crippen molar-refractivity contribution < 1.29 is 19.2 Å². The van der Waals surface area contributed by atoms with E-state index in [0.29, 0.717) is 22.5 Å². The summed E-state index contributed by atoms with van der Waals surface area (Å²) in [6.07, 6.45) is 2.69. The minimum atomic E-state index is -0.342. The molecular weight excluding hydrogens is 485 g/mol. The summed E-state index contributed by atoms with van der Waals surface area (Å²) in [4.78, 5) is 53.2. The summed E-state index contributed by atoms with van der Waals surface area (Å²) >= 11 is 0. The van der Waals surface area contributed by atoms with Crippen LogP contribution in [0.15, 0.2) is 81.6 Å². The monoisotopic (exact) mass is 500 g/mol. The summed E-state index contributed by atoms with van der Waals surface area (Å²) in [6, 6.07) is 14.5. The number of nitrogens with zero attached hydrogens (tertiary/aromatic N) is 2. The van der Waals surface area contributed by atoms with Crippen LogP contribution in [-0.4, -0.2) is 23.6 Å². The van der Waals surface area contributed by atoms with Crippen molar-refractivity contribution in [2.24, 2.45) is 0 Å². The first-order valence-electron chi connectivity index (χ1n) is 9.38. The number of hydrogen-bond donors (Lipinski definition) is 0. The molecular formula is C22H16N2O4S4. The molecule has 2 aromatic carbocycles. The summed E-state index contributed by atoms with van der Waals surface area (Å²) in [7, 11) is 5.78. The van der Waals surface area contributed by atoms with E-state index in [1.807, 2.05) is 24.3 Å². The van der Waals surface area contributed by atoms with Crippen molar-refractivity contribution in [2.45, 2.75) is 23.6 Å². The fraction of sp³-hybridized carbons (Fsp3) is 0.0909. The van der Waals surface area contributed by atoms with E-state index in [1.54, 1.807) is 38.1 Å². The summed E-state index contributed by atoms with van der Waals surface area (Å²) in [5, 5.41) is 0. The highest BCUT2D eigenvalue weighted by molar-refractivity contribution is 9.26. The van der Waals surface area contributed by atoms with Gasteiger partial charge in [-0.1, -0.05) is 24.3 Å². The van der Waals surface area contributed by atoms with E-state index >= 15 is 0 Å². The lowest BCUT2D eigenvalue weighted by Gasteiger charge is -2.18. The quantitative estimate of drug-likeness (QED) is 0.283. The average Bonchev–Trinajstić information content (AvgIpc) is 3.18. The molecule has 32 heavy (non-hydrogen) atoms. The molecule has 0 bridgehead atoms. The summed E-state index contributed by atoms with van der Waals surface area (Å²) in [5.41, 5.74) is 1.93. The van der Waals surface area contributed by atoms with Gasteiger partial charge in [-0.05, 0) is 79.4 Å². The second-order valence-electron chi connectivity index (χ2n) is 6.85. The van der Waals surface area contributed by atoms with Crippen LogP contribution in [0.1, 0.15) is 13.8 Å². The van der Waals surface area contributed by atoms with E-state index in [0.717, 1.165) is 9.79 Å². The molecule has 4 rings (SSSR count). The van der Waals surface area contributed by atoms with Gasteiger partial charge in [0.25, 0.3) is 23.6 Å². The van der Waals surface area contributed by atoms with E-state index < -0.39 is 0 Å². The Morgan fingerprint density at radius 1 is 0.594 bits per heavy atom. The van der Waals surface area contributed by atoms with Crippen molar-refractivity contribution in [3.63, 3.8) is 0 Å². The van der Waals surface area contributed by atoms with Crippen LogP contribution < -0.4 is 9.80 Å². The van der Waals surface area contributed by atoms with Gasteiger partial charge in [0.1, 0.15) is 0 Å². The Bertz CT molecular complexity index is 1110. The predicted molar refractivity (Wildman–Crippen MR) is 132 cm³/mol.